The summed E-state index contributed by atoms with van der Waals surface area (Å²) in [5, 5.41) is 11.9. The van der Waals surface area contributed by atoms with Gasteiger partial charge >= 0.3 is 5.97 Å². The normalized spacial score (nSPS) is 29.0. The summed E-state index contributed by atoms with van der Waals surface area (Å²) < 4.78 is 5.58. The van der Waals surface area contributed by atoms with E-state index in [1.165, 1.54) is 0 Å². The number of hydrogen-bond acceptors (Lipinski definition) is 4. The Bertz CT molecular complexity index is 438. The Labute approximate surface area is 133 Å². The van der Waals surface area contributed by atoms with Gasteiger partial charge in [0.1, 0.15) is 5.60 Å². The van der Waals surface area contributed by atoms with E-state index in [2.05, 4.69) is 5.32 Å². The van der Waals surface area contributed by atoms with Gasteiger partial charge in [-0.05, 0) is 52.9 Å². The lowest BCUT2D eigenvalue weighted by Gasteiger charge is -2.40. The summed E-state index contributed by atoms with van der Waals surface area (Å²) in [7, 11) is 0. The van der Waals surface area contributed by atoms with Crippen molar-refractivity contribution < 1.29 is 19.4 Å². The van der Waals surface area contributed by atoms with Gasteiger partial charge in [0.2, 0.25) is 5.91 Å². The van der Waals surface area contributed by atoms with Crippen LogP contribution in [0.1, 0.15) is 61.3 Å². The minimum atomic E-state index is -0.690. The molecule has 2 N–H and O–H groups in total. The number of rotatable bonds is 4. The van der Waals surface area contributed by atoms with Gasteiger partial charge in [-0.15, -0.1) is 0 Å². The van der Waals surface area contributed by atoms with E-state index < -0.39 is 16.4 Å². The van der Waals surface area contributed by atoms with E-state index in [1.807, 2.05) is 41.5 Å². The molecule has 1 amide bonds. The minimum absolute atomic E-state index is 0.0950. The van der Waals surface area contributed by atoms with Crippen LogP contribution in [0.4, 0.5) is 0 Å². The van der Waals surface area contributed by atoms with Gasteiger partial charge in [0.05, 0.1) is 12.0 Å². The van der Waals surface area contributed by atoms with Gasteiger partial charge in [0.15, 0.2) is 0 Å². The fourth-order valence-corrected chi connectivity index (χ4v) is 3.10. The molecule has 5 nitrogen and oxygen atoms in total. The zero-order chi connectivity index (χ0) is 17.3. The first-order valence-corrected chi connectivity index (χ1v) is 8.00. The number of nitrogens with one attached hydrogen (secondary N) is 1. The standard InChI is InChI=1S/C17H31NO4/c1-11(10-19)18-13(20)12-8-9-17(7,16(12,5)6)14(21)22-15(2,3)4/h11-12,19H,8-10H2,1-7H3,(H,18,20)/t11?,12-,17+/m1/s1. The maximum Gasteiger partial charge on any atom is 0.312 e. The average molecular weight is 313 g/mol. The average Bonchev–Trinajstić information content (AvgIpc) is 2.59. The van der Waals surface area contributed by atoms with Crippen LogP contribution in [0, 0.1) is 16.7 Å². The second-order valence-corrected chi connectivity index (χ2v) is 8.24. The first-order chi connectivity index (χ1) is 9.85. The van der Waals surface area contributed by atoms with Crippen LogP contribution < -0.4 is 5.32 Å². The minimum Gasteiger partial charge on any atom is -0.460 e. The molecule has 1 aliphatic carbocycles. The summed E-state index contributed by atoms with van der Waals surface area (Å²) in [6.45, 7) is 13.0. The van der Waals surface area contributed by atoms with Crippen molar-refractivity contribution in [1.82, 2.24) is 5.32 Å². The molecule has 1 saturated carbocycles. The number of aliphatic hydroxyl groups excluding tert-OH is 1. The number of aliphatic hydroxyl groups is 1. The van der Waals surface area contributed by atoms with Crippen LogP contribution in [0.2, 0.25) is 0 Å². The van der Waals surface area contributed by atoms with E-state index in [1.54, 1.807) is 6.92 Å². The van der Waals surface area contributed by atoms with Gasteiger partial charge in [-0.2, -0.15) is 0 Å². The molecule has 0 radical (unpaired) electrons. The Kier molecular flexibility index (Phi) is 5.33. The highest BCUT2D eigenvalue weighted by Gasteiger charge is 2.59. The van der Waals surface area contributed by atoms with Crippen LogP contribution in [-0.2, 0) is 14.3 Å². The highest BCUT2D eigenvalue weighted by molar-refractivity contribution is 5.84. The van der Waals surface area contributed by atoms with Gasteiger partial charge in [0.25, 0.3) is 0 Å². The van der Waals surface area contributed by atoms with Crippen LogP contribution in [0.3, 0.4) is 0 Å². The summed E-state index contributed by atoms with van der Waals surface area (Å²) in [6, 6.07) is -0.281. The molecule has 0 heterocycles. The molecule has 0 aromatic carbocycles. The first kappa shape index (κ1) is 18.9. The third-order valence-corrected chi connectivity index (χ3v) is 5.05. The summed E-state index contributed by atoms with van der Waals surface area (Å²) in [5.41, 5.74) is -1.73. The second-order valence-electron chi connectivity index (χ2n) is 8.24. The maximum absolute atomic E-state index is 12.7. The molecule has 0 bridgehead atoms. The number of ether oxygens (including phenoxy) is 1. The van der Waals surface area contributed by atoms with Crippen LogP contribution >= 0.6 is 0 Å². The Morgan fingerprint density at radius 3 is 2.32 bits per heavy atom. The third-order valence-electron chi connectivity index (χ3n) is 5.05. The fraction of sp³-hybridized carbons (Fsp3) is 0.882. The zero-order valence-corrected chi connectivity index (χ0v) is 14.9. The van der Waals surface area contributed by atoms with E-state index >= 15 is 0 Å². The maximum atomic E-state index is 12.7. The van der Waals surface area contributed by atoms with E-state index in [-0.39, 0.29) is 30.4 Å². The second kappa shape index (κ2) is 6.19. The van der Waals surface area contributed by atoms with E-state index in [0.29, 0.717) is 12.8 Å². The zero-order valence-electron chi connectivity index (χ0n) is 14.9. The predicted molar refractivity (Wildman–Crippen MR) is 85.1 cm³/mol. The van der Waals surface area contributed by atoms with Gasteiger partial charge in [-0.3, -0.25) is 9.59 Å². The fourth-order valence-electron chi connectivity index (χ4n) is 3.10. The van der Waals surface area contributed by atoms with Crippen molar-refractivity contribution in [1.29, 1.82) is 0 Å². The van der Waals surface area contributed by atoms with Crippen LogP contribution in [-0.4, -0.2) is 35.2 Å². The SMILES string of the molecule is CC(CO)NC(=O)[C@H]1CC[C@@](C)(C(=O)OC(C)(C)C)C1(C)C. The topological polar surface area (TPSA) is 75.6 Å². The molecular formula is C17H31NO4. The molecule has 1 aliphatic rings. The smallest absolute Gasteiger partial charge is 0.312 e. The number of carbonyl (C=O) groups is 2. The molecule has 0 saturated heterocycles. The molecule has 0 aliphatic heterocycles. The summed E-state index contributed by atoms with van der Waals surface area (Å²) >= 11 is 0. The van der Waals surface area contributed by atoms with Crippen molar-refractivity contribution in [3.63, 3.8) is 0 Å². The van der Waals surface area contributed by atoms with Gasteiger partial charge in [0, 0.05) is 12.0 Å². The molecule has 1 fully saturated rings. The van der Waals surface area contributed by atoms with Crippen LogP contribution in [0.15, 0.2) is 0 Å². The molecule has 0 spiro atoms. The monoisotopic (exact) mass is 313 g/mol. The molecule has 0 aromatic heterocycles. The van der Waals surface area contributed by atoms with E-state index in [9.17, 15) is 9.59 Å². The molecule has 22 heavy (non-hydrogen) atoms. The van der Waals surface area contributed by atoms with Crippen molar-refractivity contribution in [3.8, 4) is 0 Å². The van der Waals surface area contributed by atoms with Gasteiger partial charge in [-0.25, -0.2) is 0 Å². The van der Waals surface area contributed by atoms with Crippen LogP contribution in [0.5, 0.6) is 0 Å². The number of hydrogen-bond donors (Lipinski definition) is 2. The number of esters is 1. The summed E-state index contributed by atoms with van der Waals surface area (Å²) in [4.78, 5) is 25.1. The Hall–Kier alpha value is -1.10. The molecular weight excluding hydrogens is 282 g/mol. The summed E-state index contributed by atoms with van der Waals surface area (Å²) in [6.07, 6.45) is 1.27. The molecule has 1 rings (SSSR count). The van der Waals surface area contributed by atoms with Crippen molar-refractivity contribution in [2.75, 3.05) is 6.61 Å². The largest absolute Gasteiger partial charge is 0.460 e. The lowest BCUT2D eigenvalue weighted by molar-refractivity contribution is -0.173. The number of amides is 1. The quantitative estimate of drug-likeness (QED) is 0.781. The molecule has 128 valence electrons. The Balaban J connectivity index is 2.94. The predicted octanol–water partition coefficient (Wildman–Crippen LogP) is 2.27. The lowest BCUT2D eigenvalue weighted by atomic mass is 9.65. The van der Waals surface area contributed by atoms with Crippen molar-refractivity contribution in [2.45, 2.75) is 73.0 Å². The highest BCUT2D eigenvalue weighted by Crippen LogP contribution is 2.56. The van der Waals surface area contributed by atoms with E-state index in [4.69, 9.17) is 9.84 Å². The van der Waals surface area contributed by atoms with E-state index in [0.717, 1.165) is 0 Å². The van der Waals surface area contributed by atoms with Crippen molar-refractivity contribution in [2.24, 2.45) is 16.7 Å². The first-order valence-electron chi connectivity index (χ1n) is 8.00. The Morgan fingerprint density at radius 1 is 1.32 bits per heavy atom. The molecule has 5 heteroatoms. The highest BCUT2D eigenvalue weighted by atomic mass is 16.6. The summed E-state index contributed by atoms with van der Waals surface area (Å²) in [5.74, 6) is -0.603. The molecule has 1 unspecified atom stereocenters. The molecule has 3 atom stereocenters. The molecule has 0 aromatic rings. The number of carbonyl (C=O) groups excluding carboxylic acids is 2. The lowest BCUT2D eigenvalue weighted by Crippen LogP contribution is -2.49. The third kappa shape index (κ3) is 3.62. The van der Waals surface area contributed by atoms with Crippen molar-refractivity contribution in [3.05, 3.63) is 0 Å². The van der Waals surface area contributed by atoms with Gasteiger partial charge < -0.3 is 15.2 Å². The van der Waals surface area contributed by atoms with Gasteiger partial charge in [-0.1, -0.05) is 13.8 Å². The van der Waals surface area contributed by atoms with Crippen LogP contribution in [0.25, 0.3) is 0 Å². The van der Waals surface area contributed by atoms with Crippen molar-refractivity contribution >= 4 is 11.9 Å². The Morgan fingerprint density at radius 2 is 1.86 bits per heavy atom.